The number of anilines is 1. The number of nitrogens with two attached hydrogens (primary N) is 1. The Bertz CT molecular complexity index is 917. The lowest BCUT2D eigenvalue weighted by Gasteiger charge is -2.06. The van der Waals surface area contributed by atoms with Crippen molar-refractivity contribution in [3.8, 4) is 0 Å². The Morgan fingerprint density at radius 3 is 2.69 bits per heavy atom. The van der Waals surface area contributed by atoms with E-state index in [1.807, 2.05) is 0 Å². The van der Waals surface area contributed by atoms with Crippen LogP contribution in [-0.4, -0.2) is 29.3 Å². The van der Waals surface area contributed by atoms with Crippen LogP contribution in [0.3, 0.4) is 0 Å². The molecule has 0 saturated carbocycles. The zero-order chi connectivity index (χ0) is 18.8. The van der Waals surface area contributed by atoms with E-state index in [-0.39, 0.29) is 9.88 Å². The number of carbonyl (C=O) groups is 3. The average Bonchev–Trinajstić information content (AvgIpc) is 3.27. The molecular formula is C15H13N3O6S2. The van der Waals surface area contributed by atoms with Gasteiger partial charge in [0.1, 0.15) is 9.88 Å². The Morgan fingerprint density at radius 1 is 1.27 bits per heavy atom. The predicted molar refractivity (Wildman–Crippen MR) is 94.7 cm³/mol. The summed E-state index contributed by atoms with van der Waals surface area (Å²) in [6.45, 7) is -0.578. The second kappa shape index (κ2) is 7.22. The molecule has 26 heavy (non-hydrogen) atoms. The number of carbonyl (C=O) groups excluding carboxylic acids is 3. The molecule has 11 heteroatoms. The standard InChI is InChI=1S/C15H13N3O6S2/c16-13(20)12-7-2-1-3-8(7)26-14(12)17-10(19)6-24-15(21)9-4-5-11(25-9)18(22)23/h4-5H,1-3,6H2,(H2,16,20)(H,17,19). The number of rotatable bonds is 6. The number of fused-ring (bicyclic) bond motifs is 1. The van der Waals surface area contributed by atoms with Crippen molar-refractivity contribution in [2.24, 2.45) is 5.73 Å². The van der Waals surface area contributed by atoms with E-state index in [0.717, 1.165) is 29.7 Å². The molecule has 0 unspecified atom stereocenters. The predicted octanol–water partition coefficient (Wildman–Crippen LogP) is 2.10. The van der Waals surface area contributed by atoms with Gasteiger partial charge in [0.05, 0.1) is 10.5 Å². The van der Waals surface area contributed by atoms with Gasteiger partial charge in [-0.15, -0.1) is 11.3 Å². The summed E-state index contributed by atoms with van der Waals surface area (Å²) in [6, 6.07) is 2.45. The maximum absolute atomic E-state index is 12.0. The highest BCUT2D eigenvalue weighted by atomic mass is 32.1. The van der Waals surface area contributed by atoms with Crippen molar-refractivity contribution in [1.82, 2.24) is 0 Å². The molecule has 0 radical (unpaired) electrons. The molecular weight excluding hydrogens is 382 g/mol. The van der Waals surface area contributed by atoms with E-state index < -0.39 is 29.3 Å². The maximum Gasteiger partial charge on any atom is 0.349 e. The monoisotopic (exact) mass is 395 g/mol. The number of aryl methyl sites for hydroxylation is 1. The summed E-state index contributed by atoms with van der Waals surface area (Å²) in [7, 11) is 0. The topological polar surface area (TPSA) is 142 Å². The Balaban J connectivity index is 1.62. The van der Waals surface area contributed by atoms with Gasteiger partial charge in [-0.25, -0.2) is 4.79 Å². The molecule has 2 aromatic rings. The fourth-order valence-electron chi connectivity index (χ4n) is 2.65. The molecule has 0 aromatic carbocycles. The molecule has 3 rings (SSSR count). The summed E-state index contributed by atoms with van der Waals surface area (Å²) < 4.78 is 4.86. The molecule has 0 saturated heterocycles. The Kier molecular flexibility index (Phi) is 5.00. The van der Waals surface area contributed by atoms with E-state index >= 15 is 0 Å². The van der Waals surface area contributed by atoms with Crippen molar-refractivity contribution in [3.63, 3.8) is 0 Å². The highest BCUT2D eigenvalue weighted by molar-refractivity contribution is 7.17. The van der Waals surface area contributed by atoms with Crippen LogP contribution < -0.4 is 11.1 Å². The smallest absolute Gasteiger partial charge is 0.349 e. The molecule has 0 atom stereocenters. The average molecular weight is 395 g/mol. The lowest BCUT2D eigenvalue weighted by molar-refractivity contribution is -0.380. The van der Waals surface area contributed by atoms with Crippen LogP contribution in [0.4, 0.5) is 10.0 Å². The molecule has 0 spiro atoms. The summed E-state index contributed by atoms with van der Waals surface area (Å²) in [4.78, 5) is 46.6. The number of ether oxygens (including phenoxy) is 1. The Hall–Kier alpha value is -2.79. The number of nitro groups is 1. The Morgan fingerprint density at radius 2 is 2.04 bits per heavy atom. The lowest BCUT2D eigenvalue weighted by atomic mass is 10.1. The van der Waals surface area contributed by atoms with Crippen LogP contribution in [-0.2, 0) is 22.4 Å². The van der Waals surface area contributed by atoms with Gasteiger partial charge in [-0.1, -0.05) is 11.3 Å². The van der Waals surface area contributed by atoms with Gasteiger partial charge in [-0.05, 0) is 30.9 Å². The molecule has 9 nitrogen and oxygen atoms in total. The van der Waals surface area contributed by atoms with Gasteiger partial charge in [0.15, 0.2) is 6.61 Å². The van der Waals surface area contributed by atoms with Crippen LogP contribution in [0.1, 0.15) is 36.9 Å². The van der Waals surface area contributed by atoms with Crippen LogP contribution in [0.15, 0.2) is 12.1 Å². The van der Waals surface area contributed by atoms with E-state index in [2.05, 4.69) is 5.32 Å². The van der Waals surface area contributed by atoms with Gasteiger partial charge in [-0.2, -0.15) is 0 Å². The van der Waals surface area contributed by atoms with Crippen LogP contribution in [0.5, 0.6) is 0 Å². The summed E-state index contributed by atoms with van der Waals surface area (Å²) in [5.74, 6) is -2.06. The summed E-state index contributed by atoms with van der Waals surface area (Å²) in [5, 5.41) is 13.3. The first-order valence-electron chi connectivity index (χ1n) is 7.52. The minimum atomic E-state index is -0.831. The van der Waals surface area contributed by atoms with E-state index in [0.29, 0.717) is 21.9 Å². The second-order valence-electron chi connectivity index (χ2n) is 5.45. The highest BCUT2D eigenvalue weighted by Gasteiger charge is 2.26. The molecule has 0 bridgehead atoms. The molecule has 3 N–H and O–H groups in total. The number of esters is 1. The number of primary amides is 1. The van der Waals surface area contributed by atoms with Gasteiger partial charge in [0.2, 0.25) is 0 Å². The number of nitrogens with zero attached hydrogens (tertiary/aromatic N) is 1. The lowest BCUT2D eigenvalue weighted by Crippen LogP contribution is -2.22. The number of thiophene rings is 2. The zero-order valence-electron chi connectivity index (χ0n) is 13.3. The minimum absolute atomic E-state index is 0.0254. The van der Waals surface area contributed by atoms with Gasteiger partial charge in [-0.3, -0.25) is 19.7 Å². The molecule has 0 aliphatic heterocycles. The Labute approximate surface area is 154 Å². The van der Waals surface area contributed by atoms with E-state index in [4.69, 9.17) is 10.5 Å². The largest absolute Gasteiger partial charge is 0.451 e. The van der Waals surface area contributed by atoms with Crippen molar-refractivity contribution >= 4 is 50.5 Å². The minimum Gasteiger partial charge on any atom is -0.451 e. The van der Waals surface area contributed by atoms with Gasteiger partial charge in [0, 0.05) is 10.9 Å². The third-order valence-electron chi connectivity index (χ3n) is 3.73. The quantitative estimate of drug-likeness (QED) is 0.436. The summed E-state index contributed by atoms with van der Waals surface area (Å²) in [6.07, 6.45) is 2.52. The molecule has 2 heterocycles. The third kappa shape index (κ3) is 3.58. The number of hydrogen-bond acceptors (Lipinski definition) is 8. The van der Waals surface area contributed by atoms with E-state index in [1.54, 1.807) is 0 Å². The first kappa shape index (κ1) is 18.0. The number of hydrogen-bond donors (Lipinski definition) is 2. The van der Waals surface area contributed by atoms with Crippen molar-refractivity contribution < 1.29 is 24.0 Å². The summed E-state index contributed by atoms with van der Waals surface area (Å²) in [5.41, 5.74) is 6.60. The number of amides is 2. The van der Waals surface area contributed by atoms with Gasteiger partial charge < -0.3 is 15.8 Å². The van der Waals surface area contributed by atoms with Gasteiger partial charge in [0.25, 0.3) is 11.8 Å². The molecule has 1 aliphatic rings. The first-order valence-corrected chi connectivity index (χ1v) is 9.15. The van der Waals surface area contributed by atoms with Gasteiger partial charge >= 0.3 is 11.0 Å². The summed E-state index contributed by atoms with van der Waals surface area (Å²) >= 11 is 1.96. The molecule has 2 amide bonds. The van der Waals surface area contributed by atoms with Crippen LogP contribution in [0.2, 0.25) is 0 Å². The molecule has 0 fully saturated rings. The normalized spacial score (nSPS) is 12.5. The molecule has 136 valence electrons. The van der Waals surface area contributed by atoms with E-state index in [1.165, 1.54) is 23.5 Å². The van der Waals surface area contributed by atoms with E-state index in [9.17, 15) is 24.5 Å². The van der Waals surface area contributed by atoms with Crippen LogP contribution in [0, 0.1) is 10.1 Å². The SMILES string of the molecule is NC(=O)c1c(NC(=O)COC(=O)c2ccc([N+](=O)[O-])s2)sc2c1CCC2. The third-order valence-corrected chi connectivity index (χ3v) is 5.95. The number of nitrogens with one attached hydrogen (secondary N) is 1. The molecule has 1 aliphatic carbocycles. The maximum atomic E-state index is 12.0. The van der Waals surface area contributed by atoms with Crippen LogP contribution >= 0.6 is 22.7 Å². The molecule has 2 aromatic heterocycles. The highest BCUT2D eigenvalue weighted by Crippen LogP contribution is 2.38. The first-order chi connectivity index (χ1) is 12.4. The van der Waals surface area contributed by atoms with Crippen LogP contribution in [0.25, 0.3) is 0 Å². The van der Waals surface area contributed by atoms with Crippen molar-refractivity contribution in [3.05, 3.63) is 43.1 Å². The zero-order valence-corrected chi connectivity index (χ0v) is 14.9. The van der Waals surface area contributed by atoms with Crippen molar-refractivity contribution in [2.75, 3.05) is 11.9 Å². The fraction of sp³-hybridized carbons (Fsp3) is 0.267. The van der Waals surface area contributed by atoms with Crippen molar-refractivity contribution in [1.29, 1.82) is 0 Å². The fourth-order valence-corrected chi connectivity index (χ4v) is 4.68. The van der Waals surface area contributed by atoms with Crippen molar-refractivity contribution in [2.45, 2.75) is 19.3 Å². The second-order valence-corrected chi connectivity index (χ2v) is 7.61.